The van der Waals surface area contributed by atoms with E-state index in [0.717, 1.165) is 209 Å². The molecule has 30 rings (SSSR count). The lowest BCUT2D eigenvalue weighted by Crippen LogP contribution is -2.15. The first-order valence-corrected chi connectivity index (χ1v) is 50.2. The lowest BCUT2D eigenvalue weighted by Gasteiger charge is -2.22. The minimum absolute atomic E-state index is 0.209. The Morgan fingerprint density at radius 1 is 0.195 bits per heavy atom. The van der Waals surface area contributed by atoms with Crippen molar-refractivity contribution in [2.45, 2.75) is 19.3 Å². The number of hydrogen-bond donors (Lipinski definition) is 0. The third-order valence-corrected chi connectivity index (χ3v) is 30.0. The maximum absolute atomic E-state index is 9.59. The average Bonchev–Trinajstić information content (AvgIpc) is 1.56. The van der Waals surface area contributed by atoms with Crippen LogP contribution in [0, 0.1) is 11.3 Å². The Balaban J connectivity index is 0.000000108. The van der Waals surface area contributed by atoms with Gasteiger partial charge in [0.25, 0.3) is 0 Å². The molecule has 29 aromatic rings. The molecular weight excluding hydrogens is 1810 g/mol. The molecule has 149 heavy (non-hydrogen) atoms. The molecule has 0 radical (unpaired) electrons. The van der Waals surface area contributed by atoms with Gasteiger partial charge in [0.05, 0.1) is 61.8 Å². The number of aromatic nitrogens is 11. The maximum Gasteiger partial charge on any atom is 0.164 e. The number of nitrogens with zero attached hydrogens (tertiary/aromatic N) is 12. The third kappa shape index (κ3) is 14.7. The third-order valence-electron chi connectivity index (χ3n) is 30.0. The quantitative estimate of drug-likeness (QED) is 0.119. The van der Waals surface area contributed by atoms with Crippen molar-refractivity contribution < 1.29 is 0 Å². The Morgan fingerprint density at radius 2 is 0.490 bits per heavy atom. The van der Waals surface area contributed by atoms with E-state index < -0.39 is 0 Å². The molecule has 12 nitrogen and oxygen atoms in total. The molecule has 12 heteroatoms. The van der Waals surface area contributed by atoms with Crippen LogP contribution in [-0.2, 0) is 5.41 Å². The minimum Gasteiger partial charge on any atom is -0.264 e. The van der Waals surface area contributed by atoms with Crippen LogP contribution < -0.4 is 0 Å². The van der Waals surface area contributed by atoms with Gasteiger partial charge in [-0.2, -0.15) is 5.26 Å². The molecule has 0 spiro atoms. The largest absolute Gasteiger partial charge is 0.264 e. The number of benzene rings is 20. The summed E-state index contributed by atoms with van der Waals surface area (Å²) in [5.41, 5.74) is 29.0. The molecule has 1 aliphatic rings. The number of hydrogen-bond acceptors (Lipinski definition) is 12. The molecular formula is C137H84N12. The fourth-order valence-corrected chi connectivity index (χ4v) is 23.0. The van der Waals surface area contributed by atoms with Crippen LogP contribution in [0.15, 0.2) is 474 Å². The zero-order valence-corrected chi connectivity index (χ0v) is 80.9. The molecule has 0 aliphatic heterocycles. The van der Waals surface area contributed by atoms with E-state index in [2.05, 4.69) is 364 Å². The van der Waals surface area contributed by atoms with Gasteiger partial charge in [0.15, 0.2) is 17.5 Å². The number of pyridine rings is 8. The van der Waals surface area contributed by atoms with Crippen LogP contribution in [0.1, 0.15) is 30.5 Å². The summed E-state index contributed by atoms with van der Waals surface area (Å²) in [4.78, 5) is 55.0. The van der Waals surface area contributed by atoms with Crippen LogP contribution >= 0.6 is 0 Å². The SMILES string of the molecule is CC1(C)c2cc(C#N)ccc2-c2ccc(-c3cccc(-c4nc5c6ccccc6c6ccccc6c5c5c4ccc4cccnc45)c3)cc21.c1ccc(-c2nc(-c3ccccc3)nc(-c3ccc(-c4nc5c6ccccc6c6ccccc6c5c5c4ccc4cccnc45)cc3)n2)cc1.c1cncc(-c2cc(-c3ccc(-c4nc5c6ccccc6c6ccccc6c5c5c4ccc4cccnc45)cc3)cc(-c3cccnc3)c2)c1. The number of rotatable bonds is 10. The van der Waals surface area contributed by atoms with Crippen LogP contribution in [0.5, 0.6) is 0 Å². The molecule has 0 saturated heterocycles. The molecule has 9 heterocycles. The van der Waals surface area contributed by atoms with Gasteiger partial charge in [-0.1, -0.05) is 372 Å². The van der Waals surface area contributed by atoms with E-state index in [4.69, 9.17) is 44.9 Å². The molecule has 20 aromatic carbocycles. The summed E-state index contributed by atoms with van der Waals surface area (Å²) >= 11 is 0. The summed E-state index contributed by atoms with van der Waals surface area (Å²) in [6.07, 6.45) is 13.1. The summed E-state index contributed by atoms with van der Waals surface area (Å²) in [6, 6.07) is 154. The van der Waals surface area contributed by atoms with E-state index in [-0.39, 0.29) is 5.41 Å². The molecule has 9 aromatic heterocycles. The van der Waals surface area contributed by atoms with Crippen molar-refractivity contribution in [1.29, 1.82) is 5.26 Å². The lowest BCUT2D eigenvalue weighted by molar-refractivity contribution is 0.660. The van der Waals surface area contributed by atoms with E-state index in [1.54, 1.807) is 0 Å². The van der Waals surface area contributed by atoms with Crippen molar-refractivity contribution in [2.24, 2.45) is 0 Å². The zero-order chi connectivity index (χ0) is 98.9. The molecule has 0 bridgehead atoms. The topological polar surface area (TPSA) is 166 Å². The summed E-state index contributed by atoms with van der Waals surface area (Å²) in [5.74, 6) is 1.90. The van der Waals surface area contributed by atoms with E-state index >= 15 is 0 Å². The van der Waals surface area contributed by atoms with Crippen molar-refractivity contribution >= 4 is 162 Å². The van der Waals surface area contributed by atoms with E-state index in [9.17, 15) is 5.26 Å². The van der Waals surface area contributed by atoms with Crippen molar-refractivity contribution in [3.63, 3.8) is 0 Å². The summed E-state index contributed by atoms with van der Waals surface area (Å²) < 4.78 is 0. The van der Waals surface area contributed by atoms with Gasteiger partial charge in [0.1, 0.15) is 0 Å². The van der Waals surface area contributed by atoms with Crippen LogP contribution in [0.2, 0.25) is 0 Å². The normalized spacial score (nSPS) is 12.1. The summed E-state index contributed by atoms with van der Waals surface area (Å²) in [5, 5.41) is 37.2. The maximum atomic E-state index is 9.59. The predicted octanol–water partition coefficient (Wildman–Crippen LogP) is 34.6. The Morgan fingerprint density at radius 3 is 0.893 bits per heavy atom. The fraction of sp³-hybridized carbons (Fsp3) is 0.0219. The predicted molar refractivity (Wildman–Crippen MR) is 614 cm³/mol. The lowest BCUT2D eigenvalue weighted by atomic mass is 9.81. The highest BCUT2D eigenvalue weighted by atomic mass is 15.0. The van der Waals surface area contributed by atoms with Gasteiger partial charge in [0.2, 0.25) is 0 Å². The van der Waals surface area contributed by atoms with Crippen molar-refractivity contribution in [3.05, 3.63) is 491 Å². The van der Waals surface area contributed by atoms with Gasteiger partial charge >= 0.3 is 0 Å². The second-order valence-corrected chi connectivity index (χ2v) is 38.8. The summed E-state index contributed by atoms with van der Waals surface area (Å²) in [6.45, 7) is 4.52. The molecule has 0 atom stereocenters. The van der Waals surface area contributed by atoms with Crippen molar-refractivity contribution in [3.8, 4) is 130 Å². The molecule has 0 fully saturated rings. The standard InChI is InChI=1S/C46H28N4.C46H29N3.C45H27N5/c1-3-13-39-37(11-1)38-12-2-4-14-40(38)46-42(39)43-41(20-19-30-8-7-23-49-45(30)43)44(50-46)31-17-15-29(16-18-31)34-24-35(32-9-5-21-47-27-32)26-36(25-34)33-10-6-22-48-28-33;1-46(2)39-23-27(26-47)16-19-34(39)35-20-18-30(25-40(35)46)29-9-7-10-31(24-29)43-38-21-17-28-11-8-22-48-44(28)42(38)41-36-14-5-3-12-32(36)33-13-4-6-15-37(33)45(41)49-43;1-3-12-30(13-4-1)43-48-44(31-14-5-2-6-15-31)50-45(49-43)32-23-21-29(22-24-32)40-37-26-25-28-16-11-27-46-41(28)39(37)38-35-19-9-7-17-33(35)34-18-8-10-20-36(34)42(38)47-40/h1-28H;3-25H,1-2H3;1-27H. The van der Waals surface area contributed by atoms with E-state index in [1.807, 2.05) is 140 Å². The van der Waals surface area contributed by atoms with Gasteiger partial charge in [-0.15, -0.1) is 0 Å². The molecule has 0 N–H and O–H groups in total. The molecule has 1 aliphatic carbocycles. The minimum atomic E-state index is -0.209. The Kier molecular flexibility index (Phi) is 20.7. The second-order valence-electron chi connectivity index (χ2n) is 38.8. The van der Waals surface area contributed by atoms with Gasteiger partial charge in [0, 0.05) is 174 Å². The van der Waals surface area contributed by atoms with Gasteiger partial charge in [-0.05, 0) is 177 Å². The van der Waals surface area contributed by atoms with Crippen LogP contribution in [0.3, 0.4) is 0 Å². The van der Waals surface area contributed by atoms with Gasteiger partial charge < -0.3 is 0 Å². The molecule has 692 valence electrons. The average molecular weight is 1900 g/mol. The Labute approximate surface area is 856 Å². The highest BCUT2D eigenvalue weighted by Gasteiger charge is 2.37. The highest BCUT2D eigenvalue weighted by molar-refractivity contribution is 6.38. The van der Waals surface area contributed by atoms with Crippen LogP contribution in [-0.4, -0.2) is 54.8 Å². The van der Waals surface area contributed by atoms with Gasteiger partial charge in [-0.3, -0.25) is 24.9 Å². The Hall–Kier alpha value is -20.0. The number of fused-ring (bicyclic) bond motifs is 33. The first kappa shape index (κ1) is 86.8. The highest BCUT2D eigenvalue weighted by Crippen LogP contribution is 2.53. The van der Waals surface area contributed by atoms with Crippen LogP contribution in [0.25, 0.3) is 286 Å². The van der Waals surface area contributed by atoms with E-state index in [1.165, 1.54) is 70.7 Å². The Bertz CT molecular complexity index is 10100. The second kappa shape index (κ2) is 35.5. The number of nitriles is 1. The van der Waals surface area contributed by atoms with E-state index in [0.29, 0.717) is 23.0 Å². The fourth-order valence-electron chi connectivity index (χ4n) is 23.0. The molecule has 0 amide bonds. The first-order chi connectivity index (χ1) is 73.6. The van der Waals surface area contributed by atoms with Crippen molar-refractivity contribution in [2.75, 3.05) is 0 Å². The monoisotopic (exact) mass is 1900 g/mol. The first-order valence-electron chi connectivity index (χ1n) is 50.2. The van der Waals surface area contributed by atoms with Gasteiger partial charge in [-0.25, -0.2) is 29.9 Å². The molecule has 0 saturated carbocycles. The zero-order valence-electron chi connectivity index (χ0n) is 80.9. The van der Waals surface area contributed by atoms with Crippen LogP contribution in [0.4, 0.5) is 0 Å². The van der Waals surface area contributed by atoms with Crippen molar-refractivity contribution in [1.82, 2.24) is 54.8 Å². The molecule has 0 unspecified atom stereocenters. The smallest absolute Gasteiger partial charge is 0.164 e. The summed E-state index contributed by atoms with van der Waals surface area (Å²) in [7, 11) is 0.